The molecule has 7 heteroatoms. The Morgan fingerprint density at radius 3 is 2.18 bits per heavy atom. The van der Waals surface area contributed by atoms with Crippen LogP contribution in [0.4, 0.5) is 0 Å². The van der Waals surface area contributed by atoms with Crippen molar-refractivity contribution in [2.45, 2.75) is 20.8 Å². The van der Waals surface area contributed by atoms with Gasteiger partial charge < -0.3 is 0 Å². The molecule has 2 heterocycles. The number of nitrogens with zero attached hydrogens (tertiary/aromatic N) is 3. The van der Waals surface area contributed by atoms with Crippen molar-refractivity contribution in [1.82, 2.24) is 14.5 Å². The summed E-state index contributed by atoms with van der Waals surface area (Å²) >= 11 is 17.1. The number of fused-ring (bicyclic) bond motifs is 1. The van der Waals surface area contributed by atoms with Gasteiger partial charge in [-0.05, 0) is 70.3 Å². The van der Waals surface area contributed by atoms with E-state index in [2.05, 4.69) is 69.2 Å². The van der Waals surface area contributed by atoms with Crippen molar-refractivity contribution in [2.24, 2.45) is 0 Å². The molecule has 0 aliphatic carbocycles. The summed E-state index contributed by atoms with van der Waals surface area (Å²) < 4.78 is 5.01. The van der Waals surface area contributed by atoms with Crippen LogP contribution in [0.1, 0.15) is 17.1 Å². The Bertz CT molecular complexity index is 895. The fraction of sp³-hybridized carbons (Fsp3) is 0.200. The highest BCUT2D eigenvalue weighted by molar-refractivity contribution is 9.11. The minimum atomic E-state index is 0.492. The van der Waals surface area contributed by atoms with Crippen molar-refractivity contribution in [1.29, 1.82) is 0 Å². The molecule has 0 fully saturated rings. The van der Waals surface area contributed by atoms with Crippen molar-refractivity contribution in [3.8, 4) is 5.69 Å². The Balaban J connectivity index is 2.50. The maximum absolute atomic E-state index is 6.35. The summed E-state index contributed by atoms with van der Waals surface area (Å²) in [6.45, 7) is 5.95. The average Bonchev–Trinajstić information content (AvgIpc) is 2.62. The number of hydrogen-bond donors (Lipinski definition) is 0. The van der Waals surface area contributed by atoms with Gasteiger partial charge in [0.25, 0.3) is 0 Å². The molecule has 0 aliphatic rings. The molecule has 0 bridgehead atoms. The highest BCUT2D eigenvalue weighted by atomic mass is 79.9. The van der Waals surface area contributed by atoms with E-state index in [0.29, 0.717) is 11.0 Å². The van der Waals surface area contributed by atoms with Gasteiger partial charge in [0.05, 0.1) is 11.1 Å². The van der Waals surface area contributed by atoms with E-state index in [1.165, 1.54) is 0 Å². The fourth-order valence-electron chi connectivity index (χ4n) is 2.54. The standard InChI is InChI=1S/C15H11Br3ClN3/c1-6-7(2)22(13-10(17)4-9(16)5-11(13)18)15-12(6)14(19)20-8(3)21-15/h4-5H,1-3H3. The number of rotatable bonds is 1. The van der Waals surface area contributed by atoms with Crippen LogP contribution in [0.2, 0.25) is 5.15 Å². The van der Waals surface area contributed by atoms with Gasteiger partial charge in [0.2, 0.25) is 0 Å². The molecule has 22 heavy (non-hydrogen) atoms. The van der Waals surface area contributed by atoms with E-state index in [0.717, 1.165) is 41.4 Å². The summed E-state index contributed by atoms with van der Waals surface area (Å²) in [5, 5.41) is 1.39. The second-order valence-electron chi connectivity index (χ2n) is 5.02. The van der Waals surface area contributed by atoms with E-state index in [-0.39, 0.29) is 0 Å². The van der Waals surface area contributed by atoms with Crippen molar-refractivity contribution in [3.63, 3.8) is 0 Å². The first-order chi connectivity index (χ1) is 10.3. The lowest BCUT2D eigenvalue weighted by Crippen LogP contribution is -2.02. The fourth-order valence-corrected chi connectivity index (χ4v) is 5.50. The zero-order valence-electron chi connectivity index (χ0n) is 12.0. The molecule has 114 valence electrons. The summed E-state index contributed by atoms with van der Waals surface area (Å²) in [5.74, 6) is 0.653. The molecule has 0 spiro atoms. The number of aryl methyl sites for hydroxylation is 2. The molecule has 0 N–H and O–H groups in total. The molecule has 3 nitrogen and oxygen atoms in total. The van der Waals surface area contributed by atoms with Crippen molar-refractivity contribution >= 4 is 70.4 Å². The highest BCUT2D eigenvalue weighted by Gasteiger charge is 2.20. The Morgan fingerprint density at radius 2 is 1.59 bits per heavy atom. The van der Waals surface area contributed by atoms with Gasteiger partial charge in [-0.3, -0.25) is 4.57 Å². The summed E-state index contributed by atoms with van der Waals surface area (Å²) in [4.78, 5) is 8.89. The van der Waals surface area contributed by atoms with Crippen molar-refractivity contribution in [3.05, 3.63) is 47.8 Å². The minimum Gasteiger partial charge on any atom is -0.296 e. The Morgan fingerprint density at radius 1 is 1.00 bits per heavy atom. The predicted molar refractivity (Wildman–Crippen MR) is 101 cm³/mol. The van der Waals surface area contributed by atoms with Gasteiger partial charge >= 0.3 is 0 Å². The van der Waals surface area contributed by atoms with Gasteiger partial charge in [-0.2, -0.15) is 0 Å². The van der Waals surface area contributed by atoms with Crippen LogP contribution in [-0.2, 0) is 0 Å². The monoisotopic (exact) mass is 505 g/mol. The largest absolute Gasteiger partial charge is 0.296 e. The Hall–Kier alpha value is -0.430. The van der Waals surface area contributed by atoms with Crippen LogP contribution in [0.25, 0.3) is 16.7 Å². The molecule has 0 atom stereocenters. The second-order valence-corrected chi connectivity index (χ2v) is 8.01. The van der Waals surface area contributed by atoms with E-state index >= 15 is 0 Å². The zero-order valence-corrected chi connectivity index (χ0v) is 17.5. The molecular formula is C15H11Br3ClN3. The first-order valence-electron chi connectivity index (χ1n) is 6.48. The normalized spacial score (nSPS) is 11.4. The third-order valence-corrected chi connectivity index (χ3v) is 5.57. The molecule has 3 aromatic rings. The molecule has 3 rings (SSSR count). The summed E-state index contributed by atoms with van der Waals surface area (Å²) in [5.41, 5.74) is 3.98. The molecule has 2 aromatic heterocycles. The van der Waals surface area contributed by atoms with Gasteiger partial charge in [0.1, 0.15) is 16.6 Å². The van der Waals surface area contributed by atoms with Gasteiger partial charge in [0, 0.05) is 19.1 Å². The van der Waals surface area contributed by atoms with E-state index in [9.17, 15) is 0 Å². The van der Waals surface area contributed by atoms with E-state index < -0.39 is 0 Å². The second kappa shape index (κ2) is 5.89. The molecule has 0 amide bonds. The van der Waals surface area contributed by atoms with Crippen molar-refractivity contribution in [2.75, 3.05) is 0 Å². The lowest BCUT2D eigenvalue weighted by molar-refractivity contribution is 0.984. The molecule has 0 saturated heterocycles. The van der Waals surface area contributed by atoms with Crippen LogP contribution < -0.4 is 0 Å². The van der Waals surface area contributed by atoms with E-state index in [1.807, 2.05) is 26.0 Å². The van der Waals surface area contributed by atoms with Gasteiger partial charge in [-0.15, -0.1) is 0 Å². The molecule has 0 aliphatic heterocycles. The first kappa shape index (κ1) is 16.4. The van der Waals surface area contributed by atoms with E-state index in [1.54, 1.807) is 0 Å². The van der Waals surface area contributed by atoms with Crippen LogP contribution in [0.3, 0.4) is 0 Å². The molecule has 1 aromatic carbocycles. The molecule has 0 saturated carbocycles. The van der Waals surface area contributed by atoms with Crippen LogP contribution in [0, 0.1) is 20.8 Å². The SMILES string of the molecule is Cc1nc(Cl)c2c(C)c(C)n(-c3c(Br)cc(Br)cc3Br)c2n1. The Kier molecular flexibility index (Phi) is 4.40. The van der Waals surface area contributed by atoms with E-state index in [4.69, 9.17) is 11.6 Å². The Labute approximate surface area is 158 Å². The average molecular weight is 508 g/mol. The first-order valence-corrected chi connectivity index (χ1v) is 9.23. The third-order valence-electron chi connectivity index (χ3n) is 3.63. The molecular weight excluding hydrogens is 497 g/mol. The predicted octanol–water partition coefficient (Wildman–Crippen LogP) is 6.29. The lowest BCUT2D eigenvalue weighted by atomic mass is 10.2. The number of benzene rings is 1. The zero-order chi connectivity index (χ0) is 16.2. The third kappa shape index (κ3) is 2.54. The van der Waals surface area contributed by atoms with Gasteiger partial charge in [-0.1, -0.05) is 27.5 Å². The quantitative estimate of drug-likeness (QED) is 0.362. The number of hydrogen-bond acceptors (Lipinski definition) is 2. The van der Waals surface area contributed by atoms with Crippen molar-refractivity contribution < 1.29 is 0 Å². The lowest BCUT2D eigenvalue weighted by Gasteiger charge is -2.13. The highest BCUT2D eigenvalue weighted by Crippen LogP contribution is 2.38. The van der Waals surface area contributed by atoms with Crippen LogP contribution in [0.15, 0.2) is 25.6 Å². The number of aromatic nitrogens is 3. The van der Waals surface area contributed by atoms with Crippen LogP contribution in [0.5, 0.6) is 0 Å². The van der Waals surface area contributed by atoms with Crippen LogP contribution in [-0.4, -0.2) is 14.5 Å². The van der Waals surface area contributed by atoms with Crippen LogP contribution >= 0.6 is 59.4 Å². The molecule has 0 radical (unpaired) electrons. The minimum absolute atomic E-state index is 0.492. The smallest absolute Gasteiger partial charge is 0.150 e. The molecule has 0 unspecified atom stereocenters. The maximum Gasteiger partial charge on any atom is 0.150 e. The topological polar surface area (TPSA) is 30.7 Å². The number of halogens is 4. The summed E-state index contributed by atoms with van der Waals surface area (Å²) in [6.07, 6.45) is 0. The summed E-state index contributed by atoms with van der Waals surface area (Å²) in [7, 11) is 0. The van der Waals surface area contributed by atoms with Gasteiger partial charge in [-0.25, -0.2) is 9.97 Å². The van der Waals surface area contributed by atoms with Gasteiger partial charge in [0.15, 0.2) is 0 Å². The summed E-state index contributed by atoms with van der Waals surface area (Å²) in [6, 6.07) is 4.02. The maximum atomic E-state index is 6.35.